The summed E-state index contributed by atoms with van der Waals surface area (Å²) in [6.07, 6.45) is -1.04. The van der Waals surface area contributed by atoms with E-state index < -0.39 is 18.0 Å². The minimum atomic E-state index is -1.04. The highest BCUT2D eigenvalue weighted by molar-refractivity contribution is 5.99. The molecule has 2 rings (SSSR count). The Bertz CT molecular complexity index is 844. The zero-order valence-electron chi connectivity index (χ0n) is 15.6. The molecule has 0 heterocycles. The van der Waals surface area contributed by atoms with Gasteiger partial charge in [0.05, 0.1) is 14.2 Å². The number of ether oxygens (including phenoxy) is 3. The van der Waals surface area contributed by atoms with E-state index in [-0.39, 0.29) is 17.1 Å². The Morgan fingerprint density at radius 1 is 0.963 bits per heavy atom. The van der Waals surface area contributed by atoms with Crippen LogP contribution in [-0.4, -0.2) is 38.0 Å². The molecule has 1 atom stereocenters. The van der Waals surface area contributed by atoms with Gasteiger partial charge in [0.15, 0.2) is 23.4 Å². The summed E-state index contributed by atoms with van der Waals surface area (Å²) >= 11 is 0. The van der Waals surface area contributed by atoms with E-state index >= 15 is 0 Å². The van der Waals surface area contributed by atoms with Crippen LogP contribution in [0.3, 0.4) is 0 Å². The topological polar surface area (TPSA) is 90.9 Å². The number of para-hydroxylation sites is 1. The van der Waals surface area contributed by atoms with Gasteiger partial charge < -0.3 is 19.5 Å². The molecule has 0 fully saturated rings. The van der Waals surface area contributed by atoms with E-state index in [4.69, 9.17) is 14.2 Å². The number of hydrogen-bond acceptors (Lipinski definition) is 6. The van der Waals surface area contributed by atoms with E-state index in [2.05, 4.69) is 5.32 Å². The second kappa shape index (κ2) is 8.84. The quantitative estimate of drug-likeness (QED) is 0.594. The summed E-state index contributed by atoms with van der Waals surface area (Å²) < 4.78 is 15.6. The van der Waals surface area contributed by atoms with Gasteiger partial charge in [-0.2, -0.15) is 0 Å². The van der Waals surface area contributed by atoms with Crippen LogP contribution >= 0.6 is 0 Å². The van der Waals surface area contributed by atoms with Crippen molar-refractivity contribution in [1.29, 1.82) is 0 Å². The highest BCUT2D eigenvalue weighted by atomic mass is 16.6. The number of nitrogens with one attached hydrogen (secondary N) is 1. The zero-order valence-corrected chi connectivity index (χ0v) is 15.6. The van der Waals surface area contributed by atoms with Gasteiger partial charge in [0.1, 0.15) is 5.56 Å². The molecule has 1 amide bonds. The first-order chi connectivity index (χ1) is 12.9. The van der Waals surface area contributed by atoms with Crippen molar-refractivity contribution in [3.8, 4) is 11.5 Å². The largest absolute Gasteiger partial charge is 0.493 e. The summed E-state index contributed by atoms with van der Waals surface area (Å²) in [6.45, 7) is 2.92. The van der Waals surface area contributed by atoms with Crippen molar-refractivity contribution in [2.24, 2.45) is 0 Å². The van der Waals surface area contributed by atoms with Gasteiger partial charge in [0.25, 0.3) is 5.91 Å². The molecule has 142 valence electrons. The maximum Gasteiger partial charge on any atom is 0.342 e. The van der Waals surface area contributed by atoms with Crippen LogP contribution in [0.1, 0.15) is 34.6 Å². The maximum absolute atomic E-state index is 12.4. The fourth-order valence-corrected chi connectivity index (χ4v) is 2.36. The molecule has 7 nitrogen and oxygen atoms in total. The Kier molecular flexibility index (Phi) is 6.54. The number of ketones is 1. The average Bonchev–Trinajstić information content (AvgIpc) is 2.67. The molecule has 0 bridgehead atoms. The molecule has 0 spiro atoms. The van der Waals surface area contributed by atoms with Crippen LogP contribution in [0, 0.1) is 0 Å². The number of anilines is 1. The van der Waals surface area contributed by atoms with Crippen molar-refractivity contribution in [1.82, 2.24) is 0 Å². The highest BCUT2D eigenvalue weighted by Gasteiger charge is 2.23. The number of amides is 1. The number of carbonyl (C=O) groups is 3. The molecule has 0 aliphatic heterocycles. The SMILES string of the molecule is COc1cccc(C(=O)O[C@H](C)C(=O)Nc2ccc(C(C)=O)cc2)c1OC. The van der Waals surface area contributed by atoms with Crippen LogP contribution in [0.2, 0.25) is 0 Å². The van der Waals surface area contributed by atoms with Crippen molar-refractivity contribution < 1.29 is 28.6 Å². The minimum absolute atomic E-state index is 0.0672. The van der Waals surface area contributed by atoms with Gasteiger partial charge in [-0.3, -0.25) is 9.59 Å². The number of rotatable bonds is 7. The first-order valence-electron chi connectivity index (χ1n) is 8.21. The summed E-state index contributed by atoms with van der Waals surface area (Å²) in [6, 6.07) is 11.2. The number of methoxy groups -OCH3 is 2. The van der Waals surface area contributed by atoms with Crippen molar-refractivity contribution in [3.05, 3.63) is 53.6 Å². The van der Waals surface area contributed by atoms with Crippen molar-refractivity contribution >= 4 is 23.3 Å². The fourth-order valence-electron chi connectivity index (χ4n) is 2.36. The van der Waals surface area contributed by atoms with Crippen LogP contribution in [-0.2, 0) is 9.53 Å². The third-order valence-electron chi connectivity index (χ3n) is 3.83. The number of carbonyl (C=O) groups excluding carboxylic acids is 3. The molecule has 0 saturated heterocycles. The summed E-state index contributed by atoms with van der Waals surface area (Å²) in [7, 11) is 2.87. The van der Waals surface area contributed by atoms with Crippen LogP contribution in [0.15, 0.2) is 42.5 Å². The average molecular weight is 371 g/mol. The first-order valence-corrected chi connectivity index (χ1v) is 8.21. The molecule has 0 unspecified atom stereocenters. The van der Waals surface area contributed by atoms with E-state index in [0.717, 1.165) is 0 Å². The molecule has 0 radical (unpaired) electrons. The molecule has 0 aliphatic rings. The van der Waals surface area contributed by atoms with Gasteiger partial charge in [-0.1, -0.05) is 6.07 Å². The standard InChI is InChI=1S/C20H21NO6/c1-12(22)14-8-10-15(11-9-14)21-19(23)13(2)27-20(24)16-6-5-7-17(25-3)18(16)26-4/h5-11,13H,1-4H3,(H,21,23)/t13-/m1/s1. The molecule has 1 N–H and O–H groups in total. The van der Waals surface area contributed by atoms with Crippen LogP contribution in [0.4, 0.5) is 5.69 Å². The Morgan fingerprint density at radius 2 is 1.63 bits per heavy atom. The summed E-state index contributed by atoms with van der Waals surface area (Å²) in [5.74, 6) is -0.657. The van der Waals surface area contributed by atoms with E-state index in [1.165, 1.54) is 34.1 Å². The van der Waals surface area contributed by atoms with E-state index in [1.807, 2.05) is 0 Å². The van der Waals surface area contributed by atoms with Crippen LogP contribution < -0.4 is 14.8 Å². The number of hydrogen-bond donors (Lipinski definition) is 1. The first kappa shape index (κ1) is 20.0. The smallest absolute Gasteiger partial charge is 0.342 e. The monoisotopic (exact) mass is 371 g/mol. The Morgan fingerprint density at radius 3 is 2.19 bits per heavy atom. The summed E-state index contributed by atoms with van der Waals surface area (Å²) in [5.41, 5.74) is 1.19. The molecule has 2 aromatic carbocycles. The van der Waals surface area contributed by atoms with Crippen LogP contribution in [0.25, 0.3) is 0 Å². The van der Waals surface area contributed by atoms with Crippen molar-refractivity contribution in [2.75, 3.05) is 19.5 Å². The second-order valence-corrected chi connectivity index (χ2v) is 5.71. The Hall–Kier alpha value is -3.35. The maximum atomic E-state index is 12.4. The number of esters is 1. The predicted octanol–water partition coefficient (Wildman–Crippen LogP) is 3.09. The third-order valence-corrected chi connectivity index (χ3v) is 3.83. The molecule has 0 saturated carbocycles. The van der Waals surface area contributed by atoms with E-state index in [0.29, 0.717) is 17.0 Å². The highest BCUT2D eigenvalue weighted by Crippen LogP contribution is 2.31. The lowest BCUT2D eigenvalue weighted by Gasteiger charge is -2.16. The predicted molar refractivity (Wildman–Crippen MR) is 99.5 cm³/mol. The minimum Gasteiger partial charge on any atom is -0.493 e. The lowest BCUT2D eigenvalue weighted by Crippen LogP contribution is -2.30. The summed E-state index contributed by atoms with van der Waals surface area (Å²) in [5, 5.41) is 2.63. The second-order valence-electron chi connectivity index (χ2n) is 5.71. The molecule has 7 heteroatoms. The fraction of sp³-hybridized carbons (Fsp3) is 0.250. The lowest BCUT2D eigenvalue weighted by molar-refractivity contribution is -0.123. The Labute approximate surface area is 157 Å². The zero-order chi connectivity index (χ0) is 20.0. The van der Waals surface area contributed by atoms with E-state index in [9.17, 15) is 14.4 Å². The van der Waals surface area contributed by atoms with Gasteiger partial charge in [0.2, 0.25) is 0 Å². The molecule has 27 heavy (non-hydrogen) atoms. The number of benzene rings is 2. The Balaban J connectivity index is 2.05. The third kappa shape index (κ3) is 4.84. The van der Waals surface area contributed by atoms with Crippen molar-refractivity contribution in [2.45, 2.75) is 20.0 Å². The lowest BCUT2D eigenvalue weighted by atomic mass is 10.1. The van der Waals surface area contributed by atoms with E-state index in [1.54, 1.807) is 36.4 Å². The molecular formula is C20H21NO6. The van der Waals surface area contributed by atoms with Crippen LogP contribution in [0.5, 0.6) is 11.5 Å². The van der Waals surface area contributed by atoms with Gasteiger partial charge >= 0.3 is 5.97 Å². The molecule has 2 aromatic rings. The molecule has 0 aromatic heterocycles. The number of Topliss-reactive ketones (excluding diaryl/α,β-unsaturated/α-hetero) is 1. The molecular weight excluding hydrogens is 350 g/mol. The molecule has 0 aliphatic carbocycles. The normalized spacial score (nSPS) is 11.3. The van der Waals surface area contributed by atoms with Gasteiger partial charge in [-0.15, -0.1) is 0 Å². The van der Waals surface area contributed by atoms with Crippen molar-refractivity contribution in [3.63, 3.8) is 0 Å². The summed E-state index contributed by atoms with van der Waals surface area (Å²) in [4.78, 5) is 35.9. The van der Waals surface area contributed by atoms with Gasteiger partial charge in [0, 0.05) is 11.3 Å². The van der Waals surface area contributed by atoms with Gasteiger partial charge in [-0.25, -0.2) is 4.79 Å². The van der Waals surface area contributed by atoms with Gasteiger partial charge in [-0.05, 0) is 50.2 Å².